The number of hydrogen-bond acceptors (Lipinski definition) is 0. The van der Waals surface area contributed by atoms with Crippen LogP contribution in [0.4, 0.5) is 0 Å². The molecule has 0 aromatic heterocycles. The van der Waals surface area contributed by atoms with Crippen molar-refractivity contribution in [2.24, 2.45) is 0 Å². The van der Waals surface area contributed by atoms with Crippen LogP contribution in [0.3, 0.4) is 0 Å². The maximum atomic E-state index is 5.12. The Kier molecular flexibility index (Phi) is 9.59. The van der Waals surface area contributed by atoms with E-state index in [9.17, 15) is 0 Å². The van der Waals surface area contributed by atoms with Crippen molar-refractivity contribution in [1.29, 1.82) is 0 Å². The average molecular weight is 915 g/mol. The molecule has 14 rings (SSSR count). The van der Waals surface area contributed by atoms with Gasteiger partial charge in [0.2, 0.25) is 0 Å². The zero-order valence-corrected chi connectivity index (χ0v) is 40.2. The van der Waals surface area contributed by atoms with Crippen LogP contribution in [-0.4, -0.2) is 0 Å². The lowest BCUT2D eigenvalue weighted by molar-refractivity contribution is 0.632. The molecule has 0 nitrogen and oxygen atoms in total. The molecule has 10 aromatic rings. The number of allylic oxidation sites excluding steroid dienone is 4. The molecule has 4 aliphatic carbocycles. The highest BCUT2D eigenvalue weighted by Crippen LogP contribution is 2.67. The van der Waals surface area contributed by atoms with Crippen molar-refractivity contribution in [3.8, 4) is 44.5 Å². The van der Waals surface area contributed by atoms with Crippen molar-refractivity contribution in [3.05, 3.63) is 339 Å². The molecule has 0 heteroatoms. The van der Waals surface area contributed by atoms with Gasteiger partial charge in [-0.3, -0.25) is 0 Å². The Morgan fingerprint density at radius 1 is 0.361 bits per heavy atom. The van der Waals surface area contributed by atoms with Crippen LogP contribution in [0.25, 0.3) is 55.7 Å². The van der Waals surface area contributed by atoms with Gasteiger partial charge in [-0.15, -0.1) is 5.73 Å². The summed E-state index contributed by atoms with van der Waals surface area (Å²) in [6, 6.07) is 93.1. The fourth-order valence-electron chi connectivity index (χ4n) is 13.5. The molecule has 2 spiro atoms. The quantitative estimate of drug-likeness (QED) is 0.146. The van der Waals surface area contributed by atoms with Crippen molar-refractivity contribution in [2.45, 2.75) is 30.1 Å². The molecule has 0 unspecified atom stereocenters. The summed E-state index contributed by atoms with van der Waals surface area (Å²) in [5, 5.41) is 0. The SMILES string of the molecule is C=C1C(c2cccc(-c3ccc(-c4ccccc4)cc3)c2)=C(CC)C(c2ccccc2)=C=C[C@@H]1c1ccc2c(c1)C1(c3ccccc3-2)c2ccccc2C2(c3ccccc3-c3ccccc32)c2ccccc21. The topological polar surface area (TPSA) is 0 Å². The number of hydrogen-bond donors (Lipinski definition) is 0. The smallest absolute Gasteiger partial charge is 0.0720 e. The molecule has 10 aromatic carbocycles. The summed E-state index contributed by atoms with van der Waals surface area (Å²) in [5.74, 6) is -0.156. The lowest BCUT2D eigenvalue weighted by atomic mass is 9.52. The van der Waals surface area contributed by atoms with Crippen LogP contribution < -0.4 is 0 Å². The summed E-state index contributed by atoms with van der Waals surface area (Å²) < 4.78 is 0. The number of benzene rings is 10. The van der Waals surface area contributed by atoms with Gasteiger partial charge in [-0.1, -0.05) is 256 Å². The molecule has 0 saturated carbocycles. The lowest BCUT2D eigenvalue weighted by Crippen LogP contribution is -2.43. The molecule has 72 heavy (non-hydrogen) atoms. The van der Waals surface area contributed by atoms with Crippen LogP contribution in [0.1, 0.15) is 80.5 Å². The van der Waals surface area contributed by atoms with Crippen LogP contribution in [0.2, 0.25) is 0 Å². The second-order valence-electron chi connectivity index (χ2n) is 19.8. The number of rotatable bonds is 6. The predicted molar refractivity (Wildman–Crippen MR) is 299 cm³/mol. The van der Waals surface area contributed by atoms with Crippen molar-refractivity contribution in [1.82, 2.24) is 0 Å². The Bertz CT molecular complexity index is 3850. The number of fused-ring (bicyclic) bond motifs is 16. The monoisotopic (exact) mass is 914 g/mol. The van der Waals surface area contributed by atoms with Gasteiger partial charge in [0.25, 0.3) is 0 Å². The molecule has 0 aliphatic heterocycles. The van der Waals surface area contributed by atoms with Crippen LogP contribution in [0.5, 0.6) is 0 Å². The van der Waals surface area contributed by atoms with Crippen molar-refractivity contribution in [3.63, 3.8) is 0 Å². The molecular formula is C72H50. The molecule has 0 heterocycles. The second kappa shape index (κ2) is 16.4. The molecule has 4 aliphatic rings. The minimum absolute atomic E-state index is 0.156. The van der Waals surface area contributed by atoms with Gasteiger partial charge in [-0.2, -0.15) is 0 Å². The molecule has 0 N–H and O–H groups in total. The normalized spacial score (nSPS) is 16.0. The van der Waals surface area contributed by atoms with Crippen LogP contribution in [0.15, 0.2) is 278 Å². The Morgan fingerprint density at radius 2 is 0.764 bits per heavy atom. The Hall–Kier alpha value is -8.80. The Balaban J connectivity index is 0.975. The summed E-state index contributed by atoms with van der Waals surface area (Å²) >= 11 is 0. The van der Waals surface area contributed by atoms with Crippen LogP contribution >= 0.6 is 0 Å². The highest BCUT2D eigenvalue weighted by Gasteiger charge is 2.59. The first kappa shape index (κ1) is 42.1. The van der Waals surface area contributed by atoms with Crippen LogP contribution in [0, 0.1) is 0 Å². The first-order valence-electron chi connectivity index (χ1n) is 25.5. The highest BCUT2D eigenvalue weighted by molar-refractivity contribution is 5.98. The van der Waals surface area contributed by atoms with E-state index < -0.39 is 10.8 Å². The average Bonchev–Trinajstić information content (AvgIpc) is 3.86. The summed E-state index contributed by atoms with van der Waals surface area (Å²) in [7, 11) is 0. The van der Waals surface area contributed by atoms with E-state index >= 15 is 0 Å². The molecule has 0 saturated heterocycles. The Morgan fingerprint density at radius 3 is 1.29 bits per heavy atom. The van der Waals surface area contributed by atoms with E-state index in [0.29, 0.717) is 0 Å². The summed E-state index contributed by atoms with van der Waals surface area (Å²) in [5.41, 5.74) is 31.7. The van der Waals surface area contributed by atoms with Gasteiger partial charge in [0, 0.05) is 11.5 Å². The Labute approximate surface area is 423 Å². The maximum Gasteiger partial charge on any atom is 0.0720 e. The van der Waals surface area contributed by atoms with E-state index in [1.807, 2.05) is 0 Å². The summed E-state index contributed by atoms with van der Waals surface area (Å²) in [6.45, 7) is 7.40. The molecule has 0 fully saturated rings. The zero-order valence-electron chi connectivity index (χ0n) is 40.2. The van der Waals surface area contributed by atoms with E-state index in [1.165, 1.54) is 111 Å². The first-order valence-corrected chi connectivity index (χ1v) is 25.5. The maximum absolute atomic E-state index is 5.12. The fraction of sp³-hybridized carbons (Fsp3) is 0.0694. The van der Waals surface area contributed by atoms with Gasteiger partial charge in [0.05, 0.1) is 10.8 Å². The molecule has 338 valence electrons. The highest BCUT2D eigenvalue weighted by atomic mass is 14.6. The molecule has 0 radical (unpaired) electrons. The van der Waals surface area contributed by atoms with E-state index in [0.717, 1.165) is 23.1 Å². The predicted octanol–water partition coefficient (Wildman–Crippen LogP) is 17.8. The largest absolute Gasteiger partial charge is 0.115 e. The minimum Gasteiger partial charge on any atom is -0.115 e. The third kappa shape index (κ3) is 5.88. The van der Waals surface area contributed by atoms with Gasteiger partial charge >= 0.3 is 0 Å². The van der Waals surface area contributed by atoms with Gasteiger partial charge < -0.3 is 0 Å². The van der Waals surface area contributed by atoms with E-state index in [4.69, 9.17) is 6.58 Å². The van der Waals surface area contributed by atoms with Crippen molar-refractivity contribution < 1.29 is 0 Å². The second-order valence-corrected chi connectivity index (χ2v) is 19.8. The van der Waals surface area contributed by atoms with Gasteiger partial charge in [-0.05, 0) is 141 Å². The van der Waals surface area contributed by atoms with Gasteiger partial charge in [0.15, 0.2) is 0 Å². The standard InChI is InChI=1S/C72H50/c1-3-55-57(51-23-8-5-9-24-51)44-43-56(47(2)70(55)54-26-20-25-52(45-54)50-39-37-49(38-40-50)48-21-6-4-7-22-48)53-41-42-61-60-29-12-15-32-64(60)72(69(61)46-53)67-35-18-16-33-65(67)71(66-34-17-19-36-68(66)72)62-30-13-10-27-58(62)59-28-11-14-31-63(59)71/h4-43,45-46,56H,2-3H2,1H3/t56-/m0/s1. The molecule has 1 atom stereocenters. The van der Waals surface area contributed by atoms with E-state index in [-0.39, 0.29) is 5.92 Å². The van der Waals surface area contributed by atoms with Crippen molar-refractivity contribution in [2.75, 3.05) is 0 Å². The van der Waals surface area contributed by atoms with Crippen LogP contribution in [-0.2, 0) is 10.8 Å². The third-order valence-electron chi connectivity index (χ3n) is 16.4. The molecular weight excluding hydrogens is 865 g/mol. The van der Waals surface area contributed by atoms with E-state index in [1.54, 1.807) is 0 Å². The van der Waals surface area contributed by atoms with E-state index in [2.05, 4.69) is 267 Å². The van der Waals surface area contributed by atoms with Gasteiger partial charge in [-0.25, -0.2) is 0 Å². The zero-order chi connectivity index (χ0) is 48.0. The van der Waals surface area contributed by atoms with Crippen molar-refractivity contribution >= 4 is 11.1 Å². The van der Waals surface area contributed by atoms with Gasteiger partial charge in [0.1, 0.15) is 0 Å². The molecule has 0 amide bonds. The first-order chi connectivity index (χ1) is 35.6. The summed E-state index contributed by atoms with van der Waals surface area (Å²) in [4.78, 5) is 0. The molecule has 0 bridgehead atoms. The third-order valence-corrected chi connectivity index (χ3v) is 16.4. The lowest BCUT2D eigenvalue weighted by Gasteiger charge is -2.49. The fourth-order valence-corrected chi connectivity index (χ4v) is 13.5. The minimum atomic E-state index is -0.592. The summed E-state index contributed by atoms with van der Waals surface area (Å²) in [6.07, 6.45) is 3.13.